The number of halogens is 1. The van der Waals surface area contributed by atoms with Crippen molar-refractivity contribution in [2.75, 3.05) is 18.4 Å². The summed E-state index contributed by atoms with van der Waals surface area (Å²) < 4.78 is 13.5. The van der Waals surface area contributed by atoms with Gasteiger partial charge in [0.2, 0.25) is 0 Å². The molecule has 0 amide bonds. The lowest BCUT2D eigenvalue weighted by Crippen LogP contribution is -2.10. The van der Waals surface area contributed by atoms with Gasteiger partial charge in [0.05, 0.1) is 0 Å². The minimum atomic E-state index is -1.27. The van der Waals surface area contributed by atoms with Crippen LogP contribution in [0.15, 0.2) is 24.3 Å². The molecule has 0 saturated heterocycles. The molecule has 0 aromatic heterocycles. The summed E-state index contributed by atoms with van der Waals surface area (Å²) in [5, 5.41) is 3.22. The molecule has 3 heteroatoms. The minimum Gasteiger partial charge on any atom is -0.385 e. The molecule has 15 heavy (non-hydrogen) atoms. The minimum absolute atomic E-state index is 0.683. The average Bonchev–Trinajstić information content (AvgIpc) is 2.18. The molecular weight excluding hydrogens is 191 g/mol. The van der Waals surface area contributed by atoms with E-state index in [4.69, 9.17) is 5.73 Å². The number of nitrogens with one attached hydrogen (secondary N) is 1. The molecule has 1 rings (SSSR count). The standard InChI is InChI=1S/C12H19FN2/c1-12(2,13)10-4-6-11(7-5-10)15-9-3-8-14/h4-7,15H,3,8-9,14H2,1-2H3. The van der Waals surface area contributed by atoms with Gasteiger partial charge in [0.15, 0.2) is 0 Å². The summed E-state index contributed by atoms with van der Waals surface area (Å²) in [5.74, 6) is 0. The van der Waals surface area contributed by atoms with E-state index in [1.54, 1.807) is 13.8 Å². The van der Waals surface area contributed by atoms with Gasteiger partial charge in [-0.1, -0.05) is 12.1 Å². The Labute approximate surface area is 90.7 Å². The Balaban J connectivity index is 2.57. The van der Waals surface area contributed by atoms with Gasteiger partial charge in [0, 0.05) is 12.2 Å². The van der Waals surface area contributed by atoms with Crippen LogP contribution in [0.4, 0.5) is 10.1 Å². The predicted molar refractivity (Wildman–Crippen MR) is 62.7 cm³/mol. The van der Waals surface area contributed by atoms with Gasteiger partial charge in [-0.05, 0) is 44.5 Å². The van der Waals surface area contributed by atoms with Crippen molar-refractivity contribution in [3.05, 3.63) is 29.8 Å². The third-order valence-electron chi connectivity index (χ3n) is 2.28. The second-order valence-electron chi connectivity index (χ2n) is 4.12. The molecule has 0 heterocycles. The van der Waals surface area contributed by atoms with Crippen molar-refractivity contribution in [1.29, 1.82) is 0 Å². The van der Waals surface area contributed by atoms with E-state index in [1.807, 2.05) is 24.3 Å². The van der Waals surface area contributed by atoms with Crippen LogP contribution >= 0.6 is 0 Å². The first-order chi connectivity index (χ1) is 7.04. The summed E-state index contributed by atoms with van der Waals surface area (Å²) >= 11 is 0. The van der Waals surface area contributed by atoms with Crippen LogP contribution in [0.25, 0.3) is 0 Å². The smallest absolute Gasteiger partial charge is 0.130 e. The lowest BCUT2D eigenvalue weighted by atomic mass is 10.0. The molecular formula is C12H19FN2. The van der Waals surface area contributed by atoms with Gasteiger partial charge in [-0.2, -0.15) is 0 Å². The molecule has 0 saturated carbocycles. The van der Waals surface area contributed by atoms with Crippen molar-refractivity contribution in [2.24, 2.45) is 5.73 Å². The highest BCUT2D eigenvalue weighted by Crippen LogP contribution is 2.25. The van der Waals surface area contributed by atoms with Gasteiger partial charge in [-0.15, -0.1) is 0 Å². The summed E-state index contributed by atoms with van der Waals surface area (Å²) in [6.45, 7) is 4.66. The van der Waals surface area contributed by atoms with Crippen molar-refractivity contribution < 1.29 is 4.39 Å². The molecule has 0 aliphatic heterocycles. The highest BCUT2D eigenvalue weighted by atomic mass is 19.1. The van der Waals surface area contributed by atoms with Crippen LogP contribution in [0.1, 0.15) is 25.8 Å². The number of alkyl halides is 1. The van der Waals surface area contributed by atoms with Crippen molar-refractivity contribution in [3.63, 3.8) is 0 Å². The summed E-state index contributed by atoms with van der Waals surface area (Å²) in [6, 6.07) is 7.41. The van der Waals surface area contributed by atoms with E-state index in [1.165, 1.54) is 0 Å². The second-order valence-corrected chi connectivity index (χ2v) is 4.12. The molecule has 0 fully saturated rings. The molecule has 1 aromatic rings. The molecule has 0 spiro atoms. The fraction of sp³-hybridized carbons (Fsp3) is 0.500. The maximum atomic E-state index is 13.5. The number of hydrogen-bond donors (Lipinski definition) is 2. The normalized spacial score (nSPS) is 11.5. The van der Waals surface area contributed by atoms with Crippen LogP contribution in [0.2, 0.25) is 0 Å². The fourth-order valence-corrected chi connectivity index (χ4v) is 1.32. The van der Waals surface area contributed by atoms with Gasteiger partial charge in [-0.25, -0.2) is 4.39 Å². The summed E-state index contributed by atoms with van der Waals surface area (Å²) in [7, 11) is 0. The fourth-order valence-electron chi connectivity index (χ4n) is 1.32. The largest absolute Gasteiger partial charge is 0.385 e. The molecule has 0 bridgehead atoms. The van der Waals surface area contributed by atoms with Crippen LogP contribution in [-0.2, 0) is 5.67 Å². The van der Waals surface area contributed by atoms with Gasteiger partial charge in [0.1, 0.15) is 5.67 Å². The number of benzene rings is 1. The molecule has 3 N–H and O–H groups in total. The number of rotatable bonds is 5. The highest BCUT2D eigenvalue weighted by Gasteiger charge is 2.17. The first kappa shape index (κ1) is 12.0. The molecule has 0 aliphatic rings. The quantitative estimate of drug-likeness (QED) is 0.733. The van der Waals surface area contributed by atoms with Crippen LogP contribution in [0.3, 0.4) is 0 Å². The summed E-state index contributed by atoms with van der Waals surface area (Å²) in [6.07, 6.45) is 0.941. The summed E-state index contributed by atoms with van der Waals surface area (Å²) in [4.78, 5) is 0. The van der Waals surface area contributed by atoms with E-state index in [9.17, 15) is 4.39 Å². The Morgan fingerprint density at radius 3 is 2.33 bits per heavy atom. The van der Waals surface area contributed by atoms with Crippen molar-refractivity contribution in [1.82, 2.24) is 0 Å². The van der Waals surface area contributed by atoms with Gasteiger partial charge >= 0.3 is 0 Å². The van der Waals surface area contributed by atoms with E-state index < -0.39 is 5.67 Å². The van der Waals surface area contributed by atoms with E-state index in [0.29, 0.717) is 12.1 Å². The zero-order chi connectivity index (χ0) is 11.3. The van der Waals surface area contributed by atoms with E-state index >= 15 is 0 Å². The maximum absolute atomic E-state index is 13.5. The van der Waals surface area contributed by atoms with Crippen molar-refractivity contribution in [2.45, 2.75) is 25.9 Å². The molecule has 0 radical (unpaired) electrons. The lowest BCUT2D eigenvalue weighted by Gasteiger charge is -2.15. The van der Waals surface area contributed by atoms with Crippen LogP contribution in [-0.4, -0.2) is 13.1 Å². The Kier molecular flexibility index (Phi) is 4.09. The maximum Gasteiger partial charge on any atom is 0.130 e. The molecule has 0 unspecified atom stereocenters. The zero-order valence-corrected chi connectivity index (χ0v) is 9.39. The monoisotopic (exact) mass is 210 g/mol. The number of hydrogen-bond acceptors (Lipinski definition) is 2. The molecule has 84 valence electrons. The number of anilines is 1. The first-order valence-corrected chi connectivity index (χ1v) is 5.27. The van der Waals surface area contributed by atoms with Gasteiger partial charge in [-0.3, -0.25) is 0 Å². The Morgan fingerprint density at radius 2 is 1.87 bits per heavy atom. The number of nitrogens with two attached hydrogens (primary N) is 1. The molecule has 0 atom stereocenters. The topological polar surface area (TPSA) is 38.0 Å². The third-order valence-corrected chi connectivity index (χ3v) is 2.28. The van der Waals surface area contributed by atoms with Crippen molar-refractivity contribution in [3.8, 4) is 0 Å². The SMILES string of the molecule is CC(C)(F)c1ccc(NCCCN)cc1. The van der Waals surface area contributed by atoms with E-state index in [0.717, 1.165) is 18.7 Å². The van der Waals surface area contributed by atoms with Crippen molar-refractivity contribution >= 4 is 5.69 Å². The second kappa shape index (κ2) is 5.12. The Bertz CT molecular complexity index is 287. The lowest BCUT2D eigenvalue weighted by molar-refractivity contribution is 0.221. The first-order valence-electron chi connectivity index (χ1n) is 5.27. The zero-order valence-electron chi connectivity index (χ0n) is 9.39. The highest BCUT2D eigenvalue weighted by molar-refractivity contribution is 5.45. The summed E-state index contributed by atoms with van der Waals surface area (Å²) in [5.41, 5.74) is 5.83. The molecule has 0 aliphatic carbocycles. The van der Waals surface area contributed by atoms with Crippen LogP contribution in [0.5, 0.6) is 0 Å². The Morgan fingerprint density at radius 1 is 1.27 bits per heavy atom. The molecule has 2 nitrogen and oxygen atoms in total. The molecule has 1 aromatic carbocycles. The van der Waals surface area contributed by atoms with Crippen LogP contribution < -0.4 is 11.1 Å². The Hall–Kier alpha value is -1.09. The van der Waals surface area contributed by atoms with E-state index in [2.05, 4.69) is 5.32 Å². The predicted octanol–water partition coefficient (Wildman–Crippen LogP) is 2.65. The van der Waals surface area contributed by atoms with Gasteiger partial charge in [0.25, 0.3) is 0 Å². The third kappa shape index (κ3) is 3.88. The van der Waals surface area contributed by atoms with Crippen LogP contribution in [0, 0.1) is 0 Å². The van der Waals surface area contributed by atoms with E-state index in [-0.39, 0.29) is 0 Å². The van der Waals surface area contributed by atoms with Gasteiger partial charge < -0.3 is 11.1 Å². The average molecular weight is 210 g/mol.